The second-order valence-electron chi connectivity index (χ2n) is 5.21. The SMILES string of the molecule is CC1(C)CN(c2cccc(Cl)c2)C(CO)CN1. The van der Waals surface area contributed by atoms with Crippen molar-refractivity contribution in [3.05, 3.63) is 29.3 Å². The lowest BCUT2D eigenvalue weighted by Crippen LogP contribution is -2.62. The third-order valence-corrected chi connectivity index (χ3v) is 3.41. The van der Waals surface area contributed by atoms with E-state index in [1.165, 1.54) is 0 Å². The molecule has 0 aliphatic carbocycles. The largest absolute Gasteiger partial charge is 0.394 e. The van der Waals surface area contributed by atoms with Crippen LogP contribution in [0.15, 0.2) is 24.3 Å². The molecule has 3 nitrogen and oxygen atoms in total. The molecular formula is C13H19ClN2O. The van der Waals surface area contributed by atoms with Crippen LogP contribution < -0.4 is 10.2 Å². The highest BCUT2D eigenvalue weighted by molar-refractivity contribution is 6.30. The lowest BCUT2D eigenvalue weighted by molar-refractivity contribution is 0.215. The molecule has 0 bridgehead atoms. The van der Waals surface area contributed by atoms with Crippen LogP contribution >= 0.6 is 11.6 Å². The average Bonchev–Trinajstić information content (AvgIpc) is 2.28. The van der Waals surface area contributed by atoms with Crippen molar-refractivity contribution in [2.45, 2.75) is 25.4 Å². The van der Waals surface area contributed by atoms with Crippen LogP contribution in [-0.2, 0) is 0 Å². The Balaban J connectivity index is 2.26. The summed E-state index contributed by atoms with van der Waals surface area (Å²) in [6, 6.07) is 7.91. The van der Waals surface area contributed by atoms with Gasteiger partial charge in [-0.05, 0) is 32.0 Å². The smallest absolute Gasteiger partial charge is 0.0647 e. The summed E-state index contributed by atoms with van der Waals surface area (Å²) in [4.78, 5) is 2.22. The molecule has 0 radical (unpaired) electrons. The molecule has 4 heteroatoms. The van der Waals surface area contributed by atoms with Gasteiger partial charge in [0, 0.05) is 29.3 Å². The van der Waals surface area contributed by atoms with E-state index in [0.717, 1.165) is 23.8 Å². The molecule has 1 aliphatic rings. The van der Waals surface area contributed by atoms with E-state index in [9.17, 15) is 5.11 Å². The van der Waals surface area contributed by atoms with E-state index >= 15 is 0 Å². The highest BCUT2D eigenvalue weighted by Gasteiger charge is 2.32. The molecule has 94 valence electrons. The molecule has 17 heavy (non-hydrogen) atoms. The minimum absolute atomic E-state index is 0.0496. The van der Waals surface area contributed by atoms with Crippen LogP contribution in [0.3, 0.4) is 0 Å². The first-order valence-electron chi connectivity index (χ1n) is 5.90. The van der Waals surface area contributed by atoms with Crippen LogP contribution in [0.4, 0.5) is 5.69 Å². The zero-order valence-electron chi connectivity index (χ0n) is 10.3. The molecule has 1 aromatic carbocycles. The first kappa shape index (κ1) is 12.7. The van der Waals surface area contributed by atoms with Gasteiger partial charge in [0.05, 0.1) is 12.6 Å². The number of nitrogens with zero attached hydrogens (tertiary/aromatic N) is 1. The molecule has 0 spiro atoms. The summed E-state index contributed by atoms with van der Waals surface area (Å²) in [6.07, 6.45) is 0. The van der Waals surface area contributed by atoms with E-state index in [1.54, 1.807) is 0 Å². The van der Waals surface area contributed by atoms with E-state index in [0.29, 0.717) is 0 Å². The van der Waals surface area contributed by atoms with Crippen LogP contribution in [0.25, 0.3) is 0 Å². The van der Waals surface area contributed by atoms with Crippen molar-refractivity contribution >= 4 is 17.3 Å². The standard InChI is InChI=1S/C13H19ClN2O/c1-13(2)9-16(12(8-17)7-15-13)11-5-3-4-10(14)6-11/h3-6,12,15,17H,7-9H2,1-2H3. The van der Waals surface area contributed by atoms with Gasteiger partial charge in [-0.3, -0.25) is 0 Å². The molecule has 1 unspecified atom stereocenters. The summed E-state index contributed by atoms with van der Waals surface area (Å²) in [5, 5.41) is 13.6. The Labute approximate surface area is 107 Å². The van der Waals surface area contributed by atoms with Gasteiger partial charge in [0.1, 0.15) is 0 Å². The number of piperazine rings is 1. The number of aliphatic hydroxyl groups is 1. The molecule has 1 aliphatic heterocycles. The molecule has 0 aromatic heterocycles. The fourth-order valence-corrected chi connectivity index (χ4v) is 2.42. The van der Waals surface area contributed by atoms with Gasteiger partial charge in [-0.15, -0.1) is 0 Å². The molecule has 1 atom stereocenters. The Morgan fingerprint density at radius 1 is 1.53 bits per heavy atom. The molecular weight excluding hydrogens is 236 g/mol. The summed E-state index contributed by atoms with van der Waals surface area (Å²) < 4.78 is 0. The quantitative estimate of drug-likeness (QED) is 0.846. The van der Waals surface area contributed by atoms with Crippen molar-refractivity contribution in [2.75, 3.05) is 24.6 Å². The number of anilines is 1. The van der Waals surface area contributed by atoms with Crippen LogP contribution in [-0.4, -0.2) is 36.4 Å². The van der Waals surface area contributed by atoms with Crippen LogP contribution in [0.2, 0.25) is 5.02 Å². The number of benzene rings is 1. The summed E-state index contributed by atoms with van der Waals surface area (Å²) in [5.41, 5.74) is 1.12. The van der Waals surface area contributed by atoms with Gasteiger partial charge in [0.15, 0.2) is 0 Å². The molecule has 0 amide bonds. The average molecular weight is 255 g/mol. The Hall–Kier alpha value is -0.770. The van der Waals surface area contributed by atoms with Gasteiger partial charge in [0.2, 0.25) is 0 Å². The van der Waals surface area contributed by atoms with Gasteiger partial charge in [-0.25, -0.2) is 0 Å². The monoisotopic (exact) mass is 254 g/mol. The topological polar surface area (TPSA) is 35.5 Å². The molecule has 2 rings (SSSR count). The van der Waals surface area contributed by atoms with Gasteiger partial charge >= 0.3 is 0 Å². The Morgan fingerprint density at radius 2 is 2.29 bits per heavy atom. The third-order valence-electron chi connectivity index (χ3n) is 3.17. The predicted molar refractivity (Wildman–Crippen MR) is 71.8 cm³/mol. The van der Waals surface area contributed by atoms with Crippen LogP contribution in [0, 0.1) is 0 Å². The molecule has 1 fully saturated rings. The predicted octanol–water partition coefficient (Wildman–Crippen LogP) is 1.89. The van der Waals surface area contributed by atoms with Crippen molar-refractivity contribution in [3.8, 4) is 0 Å². The zero-order chi connectivity index (χ0) is 12.5. The third kappa shape index (κ3) is 2.92. The van der Waals surface area contributed by atoms with Crippen molar-refractivity contribution in [3.63, 3.8) is 0 Å². The van der Waals surface area contributed by atoms with Crippen molar-refractivity contribution in [1.82, 2.24) is 5.32 Å². The Kier molecular flexibility index (Phi) is 3.61. The number of rotatable bonds is 2. The first-order chi connectivity index (χ1) is 8.02. The van der Waals surface area contributed by atoms with Gasteiger partial charge in [-0.2, -0.15) is 0 Å². The van der Waals surface area contributed by atoms with Crippen molar-refractivity contribution in [2.24, 2.45) is 0 Å². The highest BCUT2D eigenvalue weighted by Crippen LogP contribution is 2.25. The molecule has 0 saturated carbocycles. The molecule has 1 heterocycles. The van der Waals surface area contributed by atoms with Crippen LogP contribution in [0.1, 0.15) is 13.8 Å². The number of halogens is 1. The van der Waals surface area contributed by atoms with Gasteiger partial charge in [0.25, 0.3) is 0 Å². The number of hydrogen-bond acceptors (Lipinski definition) is 3. The number of aliphatic hydroxyl groups excluding tert-OH is 1. The second-order valence-corrected chi connectivity index (χ2v) is 5.65. The van der Waals surface area contributed by atoms with Crippen LogP contribution in [0.5, 0.6) is 0 Å². The van der Waals surface area contributed by atoms with E-state index < -0.39 is 0 Å². The zero-order valence-corrected chi connectivity index (χ0v) is 11.0. The highest BCUT2D eigenvalue weighted by atomic mass is 35.5. The Morgan fingerprint density at radius 3 is 2.94 bits per heavy atom. The van der Waals surface area contributed by atoms with Crippen molar-refractivity contribution in [1.29, 1.82) is 0 Å². The van der Waals surface area contributed by atoms with Gasteiger partial charge < -0.3 is 15.3 Å². The maximum atomic E-state index is 9.45. The minimum atomic E-state index is 0.0496. The normalized spacial score (nSPS) is 23.8. The van der Waals surface area contributed by atoms with E-state index in [2.05, 4.69) is 24.1 Å². The van der Waals surface area contributed by atoms with E-state index in [-0.39, 0.29) is 18.2 Å². The van der Waals surface area contributed by atoms with E-state index in [1.807, 2.05) is 24.3 Å². The number of nitrogens with one attached hydrogen (secondary N) is 1. The lowest BCUT2D eigenvalue weighted by atomic mass is 9.98. The molecule has 2 N–H and O–H groups in total. The van der Waals surface area contributed by atoms with Crippen molar-refractivity contribution < 1.29 is 5.11 Å². The molecule has 1 aromatic rings. The summed E-state index contributed by atoms with van der Waals surface area (Å²) in [7, 11) is 0. The Bertz CT molecular complexity index is 395. The maximum absolute atomic E-state index is 9.45. The summed E-state index contributed by atoms with van der Waals surface area (Å²) in [6.45, 7) is 6.13. The maximum Gasteiger partial charge on any atom is 0.0647 e. The fraction of sp³-hybridized carbons (Fsp3) is 0.538. The first-order valence-corrected chi connectivity index (χ1v) is 6.28. The number of hydrogen-bond donors (Lipinski definition) is 2. The second kappa shape index (κ2) is 4.84. The summed E-state index contributed by atoms with van der Waals surface area (Å²) >= 11 is 6.02. The van der Waals surface area contributed by atoms with Gasteiger partial charge in [-0.1, -0.05) is 17.7 Å². The van der Waals surface area contributed by atoms with E-state index in [4.69, 9.17) is 11.6 Å². The minimum Gasteiger partial charge on any atom is -0.394 e. The molecule has 1 saturated heterocycles. The lowest BCUT2D eigenvalue weighted by Gasteiger charge is -2.45. The fourth-order valence-electron chi connectivity index (χ4n) is 2.24. The summed E-state index contributed by atoms with van der Waals surface area (Å²) in [5.74, 6) is 0.